The number of anilines is 1. The molecule has 28 heavy (non-hydrogen) atoms. The van der Waals surface area contributed by atoms with Gasteiger partial charge in [0.15, 0.2) is 15.6 Å². The molecule has 0 saturated heterocycles. The van der Waals surface area contributed by atoms with E-state index in [9.17, 15) is 13.2 Å². The molecule has 146 valence electrons. The van der Waals surface area contributed by atoms with E-state index in [4.69, 9.17) is 4.42 Å². The summed E-state index contributed by atoms with van der Waals surface area (Å²) in [6.45, 7) is 4.28. The summed E-state index contributed by atoms with van der Waals surface area (Å²) in [5.41, 5.74) is 2.16. The Morgan fingerprint density at radius 2 is 1.71 bits per heavy atom. The summed E-state index contributed by atoms with van der Waals surface area (Å²) in [7, 11) is -3.57. The normalized spacial score (nSPS) is 12.5. The van der Waals surface area contributed by atoms with Crippen molar-refractivity contribution in [3.05, 3.63) is 83.8 Å². The number of hydrogen-bond donors (Lipinski definition) is 1. The molecule has 1 aromatic heterocycles. The molecule has 1 atom stereocenters. The largest absolute Gasteiger partial charge is 0.459 e. The average Bonchev–Trinajstić information content (AvgIpc) is 3.16. The fraction of sp³-hybridized carbons (Fsp3) is 0.227. The molecule has 5 nitrogen and oxygen atoms in total. The van der Waals surface area contributed by atoms with Gasteiger partial charge in [0.25, 0.3) is 5.91 Å². The molecular weight excluding hydrogens is 374 g/mol. The Balaban J connectivity index is 1.75. The van der Waals surface area contributed by atoms with Crippen molar-refractivity contribution in [2.45, 2.75) is 36.8 Å². The molecule has 0 spiro atoms. The first kappa shape index (κ1) is 19.9. The minimum atomic E-state index is -3.57. The SMILES string of the molecule is CC[C@H](C)c1ccc(NC(=O)c2occc2CS(=O)(=O)c2ccccc2)cc1. The highest BCUT2D eigenvalue weighted by Crippen LogP contribution is 2.23. The molecule has 1 amide bonds. The molecule has 6 heteroatoms. The maximum atomic E-state index is 12.6. The summed E-state index contributed by atoms with van der Waals surface area (Å²) in [6.07, 6.45) is 2.37. The van der Waals surface area contributed by atoms with Crippen molar-refractivity contribution in [1.82, 2.24) is 0 Å². The minimum absolute atomic E-state index is 0.00510. The van der Waals surface area contributed by atoms with Crippen LogP contribution in [-0.2, 0) is 15.6 Å². The molecule has 2 aromatic carbocycles. The number of sulfone groups is 1. The summed E-state index contributed by atoms with van der Waals surface area (Å²) in [6, 6.07) is 17.3. The molecule has 3 aromatic rings. The Kier molecular flexibility index (Phi) is 5.99. The van der Waals surface area contributed by atoms with E-state index in [1.165, 1.54) is 30.0 Å². The minimum Gasteiger partial charge on any atom is -0.459 e. The second-order valence-corrected chi connectivity index (χ2v) is 8.72. The standard InChI is InChI=1S/C22H23NO4S/c1-3-16(2)17-9-11-19(12-10-17)23-22(24)21-18(13-14-27-21)15-28(25,26)20-7-5-4-6-8-20/h4-14,16H,3,15H2,1-2H3,(H,23,24)/t16-/m0/s1. The summed E-state index contributed by atoms with van der Waals surface area (Å²) in [4.78, 5) is 12.8. The number of rotatable bonds is 7. The Morgan fingerprint density at radius 3 is 2.36 bits per heavy atom. The number of carbonyl (C=O) groups excluding carboxylic acids is 1. The van der Waals surface area contributed by atoms with Gasteiger partial charge in [-0.3, -0.25) is 4.79 Å². The van der Waals surface area contributed by atoms with Crippen molar-refractivity contribution in [3.63, 3.8) is 0 Å². The molecule has 0 fully saturated rings. The summed E-state index contributed by atoms with van der Waals surface area (Å²) in [5, 5.41) is 2.77. The first-order chi connectivity index (χ1) is 13.4. The number of furan rings is 1. The van der Waals surface area contributed by atoms with E-state index in [0.29, 0.717) is 17.2 Å². The van der Waals surface area contributed by atoms with Crippen LogP contribution in [0.25, 0.3) is 0 Å². The zero-order valence-electron chi connectivity index (χ0n) is 15.9. The van der Waals surface area contributed by atoms with Gasteiger partial charge in [-0.2, -0.15) is 0 Å². The first-order valence-electron chi connectivity index (χ1n) is 9.16. The van der Waals surface area contributed by atoms with Crippen molar-refractivity contribution < 1.29 is 17.6 Å². The molecule has 0 aliphatic carbocycles. The van der Waals surface area contributed by atoms with Crippen LogP contribution in [0.2, 0.25) is 0 Å². The zero-order chi connectivity index (χ0) is 20.1. The van der Waals surface area contributed by atoms with E-state index < -0.39 is 15.7 Å². The predicted molar refractivity (Wildman–Crippen MR) is 109 cm³/mol. The number of benzene rings is 2. The third kappa shape index (κ3) is 4.51. The van der Waals surface area contributed by atoms with Crippen molar-refractivity contribution >= 4 is 21.4 Å². The van der Waals surface area contributed by atoms with Crippen LogP contribution in [0.4, 0.5) is 5.69 Å². The van der Waals surface area contributed by atoms with Gasteiger partial charge in [-0.05, 0) is 48.2 Å². The molecule has 1 heterocycles. The van der Waals surface area contributed by atoms with Gasteiger partial charge in [0.1, 0.15) is 0 Å². The van der Waals surface area contributed by atoms with Crippen LogP contribution in [0.15, 0.2) is 76.2 Å². The van der Waals surface area contributed by atoms with Crippen molar-refractivity contribution in [2.24, 2.45) is 0 Å². The number of hydrogen-bond acceptors (Lipinski definition) is 4. The van der Waals surface area contributed by atoms with Gasteiger partial charge in [-0.25, -0.2) is 8.42 Å². The monoisotopic (exact) mass is 397 g/mol. The van der Waals surface area contributed by atoms with E-state index >= 15 is 0 Å². The van der Waals surface area contributed by atoms with Crippen LogP contribution < -0.4 is 5.32 Å². The summed E-state index contributed by atoms with van der Waals surface area (Å²) >= 11 is 0. The lowest BCUT2D eigenvalue weighted by atomic mass is 9.99. The maximum Gasteiger partial charge on any atom is 0.291 e. The molecule has 1 N–H and O–H groups in total. The van der Waals surface area contributed by atoms with Gasteiger partial charge in [-0.15, -0.1) is 0 Å². The van der Waals surface area contributed by atoms with Crippen molar-refractivity contribution in [2.75, 3.05) is 5.32 Å². The smallest absolute Gasteiger partial charge is 0.291 e. The molecule has 0 aliphatic rings. The average molecular weight is 397 g/mol. The highest BCUT2D eigenvalue weighted by atomic mass is 32.2. The summed E-state index contributed by atoms with van der Waals surface area (Å²) < 4.78 is 30.5. The van der Waals surface area contributed by atoms with Crippen LogP contribution in [0.1, 0.15) is 47.9 Å². The Bertz CT molecular complexity index is 1040. The molecule has 0 unspecified atom stereocenters. The molecule has 0 aliphatic heterocycles. The third-order valence-electron chi connectivity index (χ3n) is 4.75. The quantitative estimate of drug-likeness (QED) is 0.607. The number of nitrogens with one attached hydrogen (secondary N) is 1. The fourth-order valence-electron chi connectivity index (χ4n) is 2.88. The topological polar surface area (TPSA) is 76.4 Å². The molecule has 0 bridgehead atoms. The Labute approximate surface area is 165 Å². The third-order valence-corrected chi connectivity index (χ3v) is 6.43. The fourth-order valence-corrected chi connectivity index (χ4v) is 4.26. The van der Waals surface area contributed by atoms with Gasteiger partial charge in [0.2, 0.25) is 0 Å². The van der Waals surface area contributed by atoms with Gasteiger partial charge >= 0.3 is 0 Å². The van der Waals surface area contributed by atoms with Crippen molar-refractivity contribution in [3.8, 4) is 0 Å². The van der Waals surface area contributed by atoms with E-state index in [0.717, 1.165) is 6.42 Å². The number of carbonyl (C=O) groups is 1. The molecule has 0 saturated carbocycles. The van der Waals surface area contributed by atoms with E-state index in [2.05, 4.69) is 19.2 Å². The summed E-state index contributed by atoms with van der Waals surface area (Å²) in [5.74, 6) is -0.321. The highest BCUT2D eigenvalue weighted by Gasteiger charge is 2.22. The second kappa shape index (κ2) is 8.44. The van der Waals surface area contributed by atoms with E-state index in [1.54, 1.807) is 18.2 Å². The second-order valence-electron chi connectivity index (χ2n) is 6.73. The van der Waals surface area contributed by atoms with Gasteiger partial charge in [-0.1, -0.05) is 44.2 Å². The molecule has 0 radical (unpaired) electrons. The van der Waals surface area contributed by atoms with E-state index in [1.807, 2.05) is 24.3 Å². The van der Waals surface area contributed by atoms with Crippen LogP contribution in [-0.4, -0.2) is 14.3 Å². The van der Waals surface area contributed by atoms with Gasteiger partial charge in [0.05, 0.1) is 16.9 Å². The maximum absolute atomic E-state index is 12.6. The van der Waals surface area contributed by atoms with Crippen LogP contribution >= 0.6 is 0 Å². The Morgan fingerprint density at radius 1 is 1.04 bits per heavy atom. The van der Waals surface area contributed by atoms with Crippen molar-refractivity contribution in [1.29, 1.82) is 0 Å². The highest BCUT2D eigenvalue weighted by molar-refractivity contribution is 7.90. The lowest BCUT2D eigenvalue weighted by Crippen LogP contribution is -2.14. The van der Waals surface area contributed by atoms with Crippen LogP contribution in [0, 0.1) is 0 Å². The zero-order valence-corrected chi connectivity index (χ0v) is 16.7. The Hall–Kier alpha value is -2.86. The molecule has 3 rings (SSSR count). The lowest BCUT2D eigenvalue weighted by Gasteiger charge is -2.10. The van der Waals surface area contributed by atoms with Gasteiger partial charge < -0.3 is 9.73 Å². The molecular formula is C22H23NO4S. The number of amides is 1. The lowest BCUT2D eigenvalue weighted by molar-refractivity contribution is 0.0996. The van der Waals surface area contributed by atoms with Crippen LogP contribution in [0.3, 0.4) is 0 Å². The van der Waals surface area contributed by atoms with Gasteiger partial charge in [0, 0.05) is 11.3 Å². The first-order valence-corrected chi connectivity index (χ1v) is 10.8. The predicted octanol–water partition coefficient (Wildman–Crippen LogP) is 5.02. The van der Waals surface area contributed by atoms with E-state index in [-0.39, 0.29) is 16.4 Å². The van der Waals surface area contributed by atoms with Crippen LogP contribution in [0.5, 0.6) is 0 Å².